The van der Waals surface area contributed by atoms with Crippen molar-refractivity contribution in [2.75, 3.05) is 13.1 Å². The molecule has 6 nitrogen and oxygen atoms in total. The van der Waals surface area contributed by atoms with Gasteiger partial charge in [-0.25, -0.2) is 12.7 Å². The van der Waals surface area contributed by atoms with Crippen molar-refractivity contribution < 1.29 is 17.9 Å². The number of ether oxygens (including phenoxy) is 1. The van der Waals surface area contributed by atoms with E-state index in [-0.39, 0.29) is 11.2 Å². The molecule has 22 heavy (non-hydrogen) atoms. The maximum Gasteiger partial charge on any atom is 0.251 e. The van der Waals surface area contributed by atoms with E-state index in [9.17, 15) is 13.2 Å². The van der Waals surface area contributed by atoms with Gasteiger partial charge in [0.1, 0.15) is 11.8 Å². The Balaban J connectivity index is 1.42. The minimum absolute atomic E-state index is 0.0930. The lowest BCUT2D eigenvalue weighted by molar-refractivity contribution is -0.123. The number of fused-ring (bicyclic) bond motifs is 1. The summed E-state index contributed by atoms with van der Waals surface area (Å²) < 4.78 is 33.1. The zero-order chi connectivity index (χ0) is 15.5. The quantitative estimate of drug-likeness (QED) is 0.815. The Hall–Kier alpha value is -0.660. The first-order valence-corrected chi connectivity index (χ1v) is 9.92. The minimum atomic E-state index is -3.18. The second kappa shape index (κ2) is 4.92. The van der Waals surface area contributed by atoms with Crippen LogP contribution in [0.1, 0.15) is 45.4 Å². The van der Waals surface area contributed by atoms with Gasteiger partial charge in [0.05, 0.1) is 5.25 Å². The van der Waals surface area contributed by atoms with Crippen LogP contribution in [0.5, 0.6) is 0 Å². The molecule has 2 saturated carbocycles. The Labute approximate surface area is 131 Å². The van der Waals surface area contributed by atoms with Crippen LogP contribution < -0.4 is 5.32 Å². The maximum absolute atomic E-state index is 12.8. The number of carbonyl (C=O) groups is 1. The summed E-state index contributed by atoms with van der Waals surface area (Å²) in [6, 6.07) is 0. The molecule has 2 aliphatic heterocycles. The molecule has 4 rings (SSSR count). The molecule has 1 amide bonds. The Bertz CT molecular complexity index is 570. The van der Waals surface area contributed by atoms with Crippen LogP contribution in [0.3, 0.4) is 0 Å². The summed E-state index contributed by atoms with van der Waals surface area (Å²) in [6.07, 6.45) is 5.15. The molecule has 7 heteroatoms. The van der Waals surface area contributed by atoms with Crippen molar-refractivity contribution in [3.8, 4) is 0 Å². The average Bonchev–Trinajstić information content (AvgIpc) is 3.16. The molecule has 4 aliphatic rings. The standard InChI is InChI=1S/C15H24N2O4S/c1-10-14(18)16-15(21-10)6-8-17(9-7-15)22(19,20)13-11-4-2-3-5-12(11)13/h10-13H,2-9H2,1H3,(H,16,18). The monoisotopic (exact) mass is 328 g/mol. The van der Waals surface area contributed by atoms with Gasteiger partial charge in [0.15, 0.2) is 0 Å². The summed E-state index contributed by atoms with van der Waals surface area (Å²) in [5.74, 6) is 0.707. The molecule has 1 N–H and O–H groups in total. The van der Waals surface area contributed by atoms with Gasteiger partial charge in [-0.3, -0.25) is 4.79 Å². The second-order valence-corrected chi connectivity index (χ2v) is 9.36. The van der Waals surface area contributed by atoms with Crippen molar-refractivity contribution in [1.29, 1.82) is 0 Å². The molecule has 0 radical (unpaired) electrons. The zero-order valence-corrected chi connectivity index (χ0v) is 13.8. The van der Waals surface area contributed by atoms with Crippen molar-refractivity contribution >= 4 is 15.9 Å². The van der Waals surface area contributed by atoms with E-state index < -0.39 is 21.9 Å². The number of sulfonamides is 1. The molecular weight excluding hydrogens is 304 g/mol. The number of hydrogen-bond acceptors (Lipinski definition) is 4. The number of amides is 1. The molecule has 124 valence electrons. The fourth-order valence-electron chi connectivity index (χ4n) is 4.63. The molecule has 2 saturated heterocycles. The van der Waals surface area contributed by atoms with Gasteiger partial charge in [-0.05, 0) is 31.6 Å². The van der Waals surface area contributed by atoms with Gasteiger partial charge >= 0.3 is 0 Å². The summed E-state index contributed by atoms with van der Waals surface area (Å²) in [5.41, 5.74) is -0.640. The lowest BCUT2D eigenvalue weighted by atomic mass is 10.0. The number of piperidine rings is 1. The highest BCUT2D eigenvalue weighted by atomic mass is 32.2. The summed E-state index contributed by atoms with van der Waals surface area (Å²) in [6.45, 7) is 2.64. The SMILES string of the molecule is CC1OC2(CCN(S(=O)(=O)C3C4CCCCC43)CC2)NC1=O. The van der Waals surface area contributed by atoms with Gasteiger partial charge in [-0.2, -0.15) is 0 Å². The third kappa shape index (κ3) is 2.20. The van der Waals surface area contributed by atoms with Crippen LogP contribution in [0, 0.1) is 11.8 Å². The predicted molar refractivity (Wildman–Crippen MR) is 80.4 cm³/mol. The number of carbonyl (C=O) groups excluding carboxylic acids is 1. The molecule has 0 aromatic heterocycles. The van der Waals surface area contributed by atoms with Crippen LogP contribution in [-0.4, -0.2) is 48.8 Å². The van der Waals surface area contributed by atoms with Crippen molar-refractivity contribution in [3.63, 3.8) is 0 Å². The van der Waals surface area contributed by atoms with E-state index >= 15 is 0 Å². The van der Waals surface area contributed by atoms with Gasteiger partial charge in [-0.15, -0.1) is 0 Å². The third-order valence-electron chi connectivity index (χ3n) is 5.93. The molecule has 4 fully saturated rings. The fraction of sp³-hybridized carbons (Fsp3) is 0.933. The lowest BCUT2D eigenvalue weighted by Crippen LogP contribution is -2.53. The highest BCUT2D eigenvalue weighted by Gasteiger charge is 2.60. The Morgan fingerprint density at radius 1 is 1.18 bits per heavy atom. The maximum atomic E-state index is 12.8. The predicted octanol–water partition coefficient (Wildman–Crippen LogP) is 0.832. The van der Waals surface area contributed by atoms with Crippen molar-refractivity contribution in [1.82, 2.24) is 9.62 Å². The van der Waals surface area contributed by atoms with Crippen LogP contribution in [0.4, 0.5) is 0 Å². The van der Waals surface area contributed by atoms with E-state index in [1.807, 2.05) is 0 Å². The molecule has 2 heterocycles. The summed E-state index contributed by atoms with van der Waals surface area (Å²) in [7, 11) is -3.18. The first-order valence-electron chi connectivity index (χ1n) is 8.42. The first kappa shape index (κ1) is 14.9. The van der Waals surface area contributed by atoms with Gasteiger partial charge < -0.3 is 10.1 Å². The van der Waals surface area contributed by atoms with E-state index in [0.29, 0.717) is 37.8 Å². The molecular formula is C15H24N2O4S. The number of nitrogens with zero attached hydrogens (tertiary/aromatic N) is 1. The van der Waals surface area contributed by atoms with Crippen LogP contribution in [-0.2, 0) is 19.6 Å². The highest BCUT2D eigenvalue weighted by Crippen LogP contribution is 2.54. The van der Waals surface area contributed by atoms with Gasteiger partial charge in [0.25, 0.3) is 5.91 Å². The van der Waals surface area contributed by atoms with Crippen molar-refractivity contribution in [2.45, 2.75) is 62.5 Å². The lowest BCUT2D eigenvalue weighted by Gasteiger charge is -2.37. The van der Waals surface area contributed by atoms with Crippen LogP contribution in [0.25, 0.3) is 0 Å². The zero-order valence-electron chi connectivity index (χ0n) is 13.0. The largest absolute Gasteiger partial charge is 0.343 e. The van der Waals surface area contributed by atoms with Crippen LogP contribution >= 0.6 is 0 Å². The third-order valence-corrected chi connectivity index (χ3v) is 8.41. The Morgan fingerprint density at radius 2 is 1.77 bits per heavy atom. The smallest absolute Gasteiger partial charge is 0.251 e. The van der Waals surface area contributed by atoms with Crippen molar-refractivity contribution in [2.24, 2.45) is 11.8 Å². The number of rotatable bonds is 2. The molecule has 3 atom stereocenters. The molecule has 0 aromatic rings. The number of hydrogen-bond donors (Lipinski definition) is 1. The molecule has 0 bridgehead atoms. The van der Waals surface area contributed by atoms with E-state index in [0.717, 1.165) is 12.8 Å². The molecule has 3 unspecified atom stereocenters. The van der Waals surface area contributed by atoms with E-state index in [2.05, 4.69) is 5.32 Å². The van der Waals surface area contributed by atoms with E-state index in [4.69, 9.17) is 4.74 Å². The number of nitrogens with one attached hydrogen (secondary N) is 1. The molecule has 2 aliphatic carbocycles. The summed E-state index contributed by atoms with van der Waals surface area (Å²) in [5, 5.41) is 2.77. The molecule has 0 aromatic carbocycles. The Morgan fingerprint density at radius 3 is 2.27 bits per heavy atom. The average molecular weight is 328 g/mol. The van der Waals surface area contributed by atoms with Gasteiger partial charge in [0, 0.05) is 25.9 Å². The van der Waals surface area contributed by atoms with Crippen molar-refractivity contribution in [3.05, 3.63) is 0 Å². The minimum Gasteiger partial charge on any atom is -0.343 e. The highest BCUT2D eigenvalue weighted by molar-refractivity contribution is 7.90. The topological polar surface area (TPSA) is 75.7 Å². The van der Waals surface area contributed by atoms with E-state index in [1.54, 1.807) is 11.2 Å². The van der Waals surface area contributed by atoms with Gasteiger partial charge in [-0.1, -0.05) is 12.8 Å². The fourth-order valence-corrected chi connectivity index (χ4v) is 7.14. The van der Waals surface area contributed by atoms with Crippen LogP contribution in [0.15, 0.2) is 0 Å². The van der Waals surface area contributed by atoms with E-state index in [1.165, 1.54) is 12.8 Å². The normalized spacial score (nSPS) is 41.2. The summed E-state index contributed by atoms with van der Waals surface area (Å²) in [4.78, 5) is 11.6. The first-order chi connectivity index (χ1) is 10.4. The Kier molecular flexibility index (Phi) is 3.33. The molecule has 1 spiro atoms. The van der Waals surface area contributed by atoms with Gasteiger partial charge in [0.2, 0.25) is 10.0 Å². The summed E-state index contributed by atoms with van der Waals surface area (Å²) >= 11 is 0. The van der Waals surface area contributed by atoms with Crippen LogP contribution in [0.2, 0.25) is 0 Å². The second-order valence-electron chi connectivity index (χ2n) is 7.26.